The molecular weight excluding hydrogens is 162 g/mol. The van der Waals surface area contributed by atoms with Gasteiger partial charge in [-0.3, -0.25) is 9.89 Å². The van der Waals surface area contributed by atoms with Gasteiger partial charge in [-0.05, 0) is 6.07 Å². The Morgan fingerprint density at radius 3 is 2.75 bits per heavy atom. The van der Waals surface area contributed by atoms with Gasteiger partial charge in [0.15, 0.2) is 5.69 Å². The summed E-state index contributed by atoms with van der Waals surface area (Å²) in [6.45, 7) is 0. The van der Waals surface area contributed by atoms with Gasteiger partial charge in [0.1, 0.15) is 0 Å². The fraction of sp³-hybridized carbons (Fsp3) is 0.167. The number of aromatic amines is 1. The summed E-state index contributed by atoms with van der Waals surface area (Å²) in [7, 11) is 0. The van der Waals surface area contributed by atoms with E-state index in [-0.39, 0.29) is 12.1 Å². The predicted octanol–water partition coefficient (Wildman–Crippen LogP) is -0.864. The first kappa shape index (κ1) is 8.25. The number of aromatic nitrogens is 2. The maximum atomic E-state index is 10.4. The Morgan fingerprint density at radius 1 is 1.67 bits per heavy atom. The van der Waals surface area contributed by atoms with Crippen LogP contribution in [0.1, 0.15) is 16.2 Å². The summed E-state index contributed by atoms with van der Waals surface area (Å²) in [5.41, 5.74) is 5.16. The summed E-state index contributed by atoms with van der Waals surface area (Å²) in [4.78, 5) is 20.7. The number of H-pyrrole nitrogens is 1. The largest absolute Gasteiger partial charge is 0.476 e. The van der Waals surface area contributed by atoms with Crippen LogP contribution in [-0.4, -0.2) is 27.2 Å². The molecule has 0 aliphatic carbocycles. The van der Waals surface area contributed by atoms with Crippen LogP contribution < -0.4 is 5.73 Å². The second-order valence-corrected chi connectivity index (χ2v) is 2.23. The summed E-state index contributed by atoms with van der Waals surface area (Å²) in [6.07, 6.45) is -0.0275. The number of hydrogen-bond acceptors (Lipinski definition) is 3. The lowest BCUT2D eigenvalue weighted by Crippen LogP contribution is -2.13. The second-order valence-electron chi connectivity index (χ2n) is 2.23. The van der Waals surface area contributed by atoms with E-state index in [0.29, 0.717) is 5.69 Å². The SMILES string of the molecule is NC(=O)Cc1cc(C(=O)O)n[nH]1. The first-order valence-electron chi connectivity index (χ1n) is 3.15. The predicted molar refractivity (Wildman–Crippen MR) is 38.4 cm³/mol. The highest BCUT2D eigenvalue weighted by atomic mass is 16.4. The standard InChI is InChI=1S/C6H7N3O3/c7-5(10)2-3-1-4(6(11)12)9-8-3/h1H,2H2,(H2,7,10)(H,8,9)(H,11,12). The zero-order valence-corrected chi connectivity index (χ0v) is 6.07. The van der Waals surface area contributed by atoms with Crippen LogP contribution in [0, 0.1) is 0 Å². The van der Waals surface area contributed by atoms with Gasteiger partial charge in [0.05, 0.1) is 6.42 Å². The highest BCUT2D eigenvalue weighted by Crippen LogP contribution is 1.99. The number of carbonyl (C=O) groups is 2. The maximum Gasteiger partial charge on any atom is 0.356 e. The first-order valence-corrected chi connectivity index (χ1v) is 3.15. The van der Waals surface area contributed by atoms with Gasteiger partial charge >= 0.3 is 5.97 Å². The highest BCUT2D eigenvalue weighted by molar-refractivity contribution is 5.85. The normalized spacial score (nSPS) is 9.67. The van der Waals surface area contributed by atoms with E-state index in [1.54, 1.807) is 0 Å². The third-order valence-corrected chi connectivity index (χ3v) is 1.21. The van der Waals surface area contributed by atoms with Gasteiger partial charge in [-0.2, -0.15) is 5.10 Å². The molecule has 6 nitrogen and oxygen atoms in total. The minimum atomic E-state index is -1.14. The molecule has 1 aromatic rings. The third-order valence-electron chi connectivity index (χ3n) is 1.21. The Kier molecular flexibility index (Phi) is 2.09. The summed E-state index contributed by atoms with van der Waals surface area (Å²) in [5, 5.41) is 14.3. The Morgan fingerprint density at radius 2 is 2.33 bits per heavy atom. The molecule has 1 heterocycles. The van der Waals surface area contributed by atoms with E-state index in [0.717, 1.165) is 0 Å². The smallest absolute Gasteiger partial charge is 0.356 e. The van der Waals surface area contributed by atoms with Gasteiger partial charge in [0.25, 0.3) is 0 Å². The Balaban J connectivity index is 2.77. The van der Waals surface area contributed by atoms with E-state index in [4.69, 9.17) is 10.8 Å². The van der Waals surface area contributed by atoms with E-state index in [9.17, 15) is 9.59 Å². The van der Waals surface area contributed by atoms with Crippen molar-refractivity contribution >= 4 is 11.9 Å². The zero-order chi connectivity index (χ0) is 9.14. The minimum Gasteiger partial charge on any atom is -0.476 e. The van der Waals surface area contributed by atoms with Gasteiger partial charge in [-0.1, -0.05) is 0 Å². The van der Waals surface area contributed by atoms with E-state index in [1.807, 2.05) is 0 Å². The molecular formula is C6H7N3O3. The molecule has 0 saturated carbocycles. The van der Waals surface area contributed by atoms with Crippen LogP contribution in [0.5, 0.6) is 0 Å². The quantitative estimate of drug-likeness (QED) is 0.546. The van der Waals surface area contributed by atoms with E-state index < -0.39 is 11.9 Å². The molecule has 0 aliphatic heterocycles. The Bertz CT molecular complexity index is 318. The lowest BCUT2D eigenvalue weighted by atomic mass is 10.3. The number of hydrogen-bond donors (Lipinski definition) is 3. The first-order chi connectivity index (χ1) is 5.59. The molecule has 1 rings (SSSR count). The van der Waals surface area contributed by atoms with Gasteiger partial charge in [-0.15, -0.1) is 0 Å². The van der Waals surface area contributed by atoms with Crippen LogP contribution in [0.2, 0.25) is 0 Å². The second kappa shape index (κ2) is 3.04. The molecule has 0 unspecified atom stereocenters. The molecule has 1 amide bonds. The summed E-state index contributed by atoms with van der Waals surface area (Å²) in [6, 6.07) is 1.27. The van der Waals surface area contributed by atoms with Crippen LogP contribution in [0.4, 0.5) is 0 Å². The van der Waals surface area contributed by atoms with E-state index >= 15 is 0 Å². The van der Waals surface area contributed by atoms with Crippen molar-refractivity contribution in [3.05, 3.63) is 17.5 Å². The molecule has 0 aliphatic rings. The van der Waals surface area contributed by atoms with Crippen LogP contribution in [0.25, 0.3) is 0 Å². The molecule has 0 saturated heterocycles. The molecule has 1 aromatic heterocycles. The molecule has 0 bridgehead atoms. The van der Waals surface area contributed by atoms with Crippen molar-refractivity contribution in [2.24, 2.45) is 5.73 Å². The van der Waals surface area contributed by atoms with Crippen LogP contribution >= 0.6 is 0 Å². The third kappa shape index (κ3) is 1.82. The maximum absolute atomic E-state index is 10.4. The van der Waals surface area contributed by atoms with Gasteiger partial charge in [-0.25, -0.2) is 4.79 Å². The minimum absolute atomic E-state index is 0.0275. The van der Waals surface area contributed by atoms with Crippen molar-refractivity contribution in [2.75, 3.05) is 0 Å². The van der Waals surface area contributed by atoms with Crippen molar-refractivity contribution in [1.29, 1.82) is 0 Å². The zero-order valence-electron chi connectivity index (χ0n) is 6.07. The number of primary amides is 1. The van der Waals surface area contributed by atoms with Crippen LogP contribution in [0.15, 0.2) is 6.07 Å². The number of nitrogens with two attached hydrogens (primary N) is 1. The number of amides is 1. The molecule has 4 N–H and O–H groups in total. The monoisotopic (exact) mass is 169 g/mol. The molecule has 0 spiro atoms. The topological polar surface area (TPSA) is 109 Å². The van der Waals surface area contributed by atoms with Crippen molar-refractivity contribution in [2.45, 2.75) is 6.42 Å². The summed E-state index contributed by atoms with van der Waals surface area (Å²) in [5.74, 6) is -1.67. The molecule has 64 valence electrons. The van der Waals surface area contributed by atoms with Crippen molar-refractivity contribution < 1.29 is 14.7 Å². The average molecular weight is 169 g/mol. The number of carbonyl (C=O) groups excluding carboxylic acids is 1. The number of rotatable bonds is 3. The van der Waals surface area contributed by atoms with Gasteiger partial charge in [0, 0.05) is 5.69 Å². The van der Waals surface area contributed by atoms with Crippen molar-refractivity contribution in [3.63, 3.8) is 0 Å². The van der Waals surface area contributed by atoms with Gasteiger partial charge in [0.2, 0.25) is 5.91 Å². The number of aromatic carboxylic acids is 1. The lowest BCUT2D eigenvalue weighted by molar-refractivity contribution is -0.117. The van der Waals surface area contributed by atoms with Crippen LogP contribution in [0.3, 0.4) is 0 Å². The van der Waals surface area contributed by atoms with E-state index in [1.165, 1.54) is 6.07 Å². The number of carboxylic acids is 1. The Labute approximate surface area is 67.4 Å². The molecule has 0 fully saturated rings. The number of nitrogens with one attached hydrogen (secondary N) is 1. The lowest BCUT2D eigenvalue weighted by Gasteiger charge is -1.87. The highest BCUT2D eigenvalue weighted by Gasteiger charge is 2.08. The summed E-state index contributed by atoms with van der Waals surface area (Å²) >= 11 is 0. The number of nitrogens with zero attached hydrogens (tertiary/aromatic N) is 1. The van der Waals surface area contributed by atoms with Crippen molar-refractivity contribution in [1.82, 2.24) is 10.2 Å². The average Bonchev–Trinajstić information content (AvgIpc) is 2.34. The molecule has 0 atom stereocenters. The Hall–Kier alpha value is -1.85. The summed E-state index contributed by atoms with van der Waals surface area (Å²) < 4.78 is 0. The molecule has 0 radical (unpaired) electrons. The van der Waals surface area contributed by atoms with E-state index in [2.05, 4.69) is 10.2 Å². The fourth-order valence-electron chi connectivity index (χ4n) is 0.749. The van der Waals surface area contributed by atoms with Crippen LogP contribution in [-0.2, 0) is 11.2 Å². The molecule has 0 aromatic carbocycles. The van der Waals surface area contributed by atoms with Gasteiger partial charge < -0.3 is 10.8 Å². The number of carboxylic acid groups (broad SMARTS) is 1. The fourth-order valence-corrected chi connectivity index (χ4v) is 0.749. The molecule has 12 heavy (non-hydrogen) atoms. The van der Waals surface area contributed by atoms with Crippen molar-refractivity contribution in [3.8, 4) is 0 Å². The molecule has 6 heteroatoms.